The van der Waals surface area contributed by atoms with E-state index in [2.05, 4.69) is 10.1 Å². The van der Waals surface area contributed by atoms with Gasteiger partial charge in [-0.15, -0.1) is 0 Å². The molecular weight excluding hydrogens is 373 g/mol. The maximum atomic E-state index is 13.7. The molecule has 0 N–H and O–H groups in total. The molecule has 148 valence electrons. The Kier molecular flexibility index (Phi) is 5.12. The molecule has 0 saturated carbocycles. The summed E-state index contributed by atoms with van der Waals surface area (Å²) in [6.07, 6.45) is 1.47. The van der Waals surface area contributed by atoms with E-state index < -0.39 is 6.10 Å². The third-order valence-electron chi connectivity index (χ3n) is 4.76. The van der Waals surface area contributed by atoms with Crippen LogP contribution in [0.1, 0.15) is 30.9 Å². The molecule has 0 saturated heterocycles. The lowest BCUT2D eigenvalue weighted by molar-refractivity contribution is -0.150. The van der Waals surface area contributed by atoms with E-state index in [1.807, 2.05) is 41.1 Å². The SMILES string of the molecule is Cc1ccc(-c2noc(C(C)OC(=O)CCn3ccc4ccccc43)n2)cc1F. The molecule has 0 spiro atoms. The summed E-state index contributed by atoms with van der Waals surface area (Å²) in [5.41, 5.74) is 2.11. The van der Waals surface area contributed by atoms with Crippen LogP contribution in [-0.2, 0) is 16.1 Å². The Morgan fingerprint density at radius 3 is 2.90 bits per heavy atom. The number of benzene rings is 2. The maximum Gasteiger partial charge on any atom is 0.308 e. The van der Waals surface area contributed by atoms with Gasteiger partial charge in [-0.1, -0.05) is 35.5 Å². The van der Waals surface area contributed by atoms with Gasteiger partial charge in [0, 0.05) is 23.8 Å². The first-order valence-corrected chi connectivity index (χ1v) is 9.35. The van der Waals surface area contributed by atoms with E-state index in [1.165, 1.54) is 6.07 Å². The van der Waals surface area contributed by atoms with Crippen LogP contribution in [0, 0.1) is 12.7 Å². The summed E-state index contributed by atoms with van der Waals surface area (Å²) in [5.74, 6) is -0.288. The van der Waals surface area contributed by atoms with Crippen LogP contribution in [0.25, 0.3) is 22.3 Å². The molecule has 4 aromatic rings. The Labute approximate surface area is 166 Å². The summed E-state index contributed by atoms with van der Waals surface area (Å²) in [7, 11) is 0. The highest BCUT2D eigenvalue weighted by Crippen LogP contribution is 2.23. The lowest BCUT2D eigenvalue weighted by atomic mass is 10.1. The van der Waals surface area contributed by atoms with Gasteiger partial charge in [-0.25, -0.2) is 4.39 Å². The number of nitrogens with zero attached hydrogens (tertiary/aromatic N) is 3. The van der Waals surface area contributed by atoms with Crippen LogP contribution in [0.5, 0.6) is 0 Å². The molecule has 29 heavy (non-hydrogen) atoms. The summed E-state index contributed by atoms with van der Waals surface area (Å²) in [6, 6.07) is 14.7. The fraction of sp³-hybridized carbons (Fsp3) is 0.227. The number of halogens is 1. The highest BCUT2D eigenvalue weighted by Gasteiger charge is 2.19. The molecule has 0 aliphatic rings. The third kappa shape index (κ3) is 4.03. The fourth-order valence-corrected chi connectivity index (χ4v) is 3.10. The van der Waals surface area contributed by atoms with E-state index in [4.69, 9.17) is 9.26 Å². The second kappa shape index (κ2) is 7.87. The van der Waals surface area contributed by atoms with E-state index >= 15 is 0 Å². The van der Waals surface area contributed by atoms with E-state index in [1.54, 1.807) is 26.0 Å². The van der Waals surface area contributed by atoms with Gasteiger partial charge in [0.1, 0.15) is 5.82 Å². The topological polar surface area (TPSA) is 70.2 Å². The number of carbonyl (C=O) groups excluding carboxylic acids is 1. The van der Waals surface area contributed by atoms with Gasteiger partial charge in [-0.05, 0) is 43.0 Å². The Hall–Kier alpha value is -3.48. The Morgan fingerprint density at radius 1 is 1.24 bits per heavy atom. The van der Waals surface area contributed by atoms with E-state index in [0.29, 0.717) is 17.7 Å². The first-order valence-electron chi connectivity index (χ1n) is 9.35. The number of aromatic nitrogens is 3. The molecule has 7 heteroatoms. The number of carbonyl (C=O) groups is 1. The maximum absolute atomic E-state index is 13.7. The predicted octanol–water partition coefficient (Wildman–Crippen LogP) is 4.83. The van der Waals surface area contributed by atoms with Gasteiger partial charge < -0.3 is 13.8 Å². The zero-order valence-corrected chi connectivity index (χ0v) is 16.1. The highest BCUT2D eigenvalue weighted by molar-refractivity contribution is 5.80. The Morgan fingerprint density at radius 2 is 2.07 bits per heavy atom. The summed E-state index contributed by atoms with van der Waals surface area (Å²) in [5, 5.41) is 4.98. The monoisotopic (exact) mass is 393 g/mol. The van der Waals surface area contributed by atoms with Crippen LogP contribution in [0.2, 0.25) is 0 Å². The lowest BCUT2D eigenvalue weighted by Crippen LogP contribution is -2.12. The molecule has 2 aromatic heterocycles. The van der Waals surface area contributed by atoms with Gasteiger partial charge in [0.2, 0.25) is 5.82 Å². The number of hydrogen-bond donors (Lipinski definition) is 0. The van der Waals surface area contributed by atoms with Crippen molar-refractivity contribution < 1.29 is 18.4 Å². The van der Waals surface area contributed by atoms with Gasteiger partial charge in [-0.3, -0.25) is 4.79 Å². The molecule has 2 aromatic carbocycles. The largest absolute Gasteiger partial charge is 0.452 e. The predicted molar refractivity (Wildman–Crippen MR) is 105 cm³/mol. The van der Waals surface area contributed by atoms with Gasteiger partial charge >= 0.3 is 5.97 Å². The normalized spacial score (nSPS) is 12.2. The Bertz CT molecular complexity index is 1170. The second-order valence-electron chi connectivity index (χ2n) is 6.87. The highest BCUT2D eigenvalue weighted by atomic mass is 19.1. The van der Waals surface area contributed by atoms with Crippen molar-refractivity contribution >= 4 is 16.9 Å². The zero-order valence-electron chi connectivity index (χ0n) is 16.1. The summed E-state index contributed by atoms with van der Waals surface area (Å²) in [6.45, 7) is 3.85. The van der Waals surface area contributed by atoms with Crippen LogP contribution < -0.4 is 0 Å². The Balaban J connectivity index is 1.37. The summed E-state index contributed by atoms with van der Waals surface area (Å²) in [4.78, 5) is 16.5. The minimum absolute atomic E-state index is 0.167. The number of para-hydroxylation sites is 1. The molecule has 1 atom stereocenters. The van der Waals surface area contributed by atoms with Crippen molar-refractivity contribution in [3.63, 3.8) is 0 Å². The summed E-state index contributed by atoms with van der Waals surface area (Å²) < 4.78 is 26.4. The smallest absolute Gasteiger partial charge is 0.308 e. The van der Waals surface area contributed by atoms with Crippen molar-refractivity contribution in [2.45, 2.75) is 32.9 Å². The van der Waals surface area contributed by atoms with Crippen LogP contribution in [-0.4, -0.2) is 20.7 Å². The van der Waals surface area contributed by atoms with Crippen LogP contribution in [0.4, 0.5) is 4.39 Å². The molecule has 2 heterocycles. The van der Waals surface area contributed by atoms with E-state index in [0.717, 1.165) is 10.9 Å². The molecule has 0 radical (unpaired) electrons. The molecule has 0 amide bonds. The standard InChI is InChI=1S/C22H20FN3O3/c1-14-7-8-17(13-18(14)23)21-24-22(29-25-21)15(2)28-20(27)10-12-26-11-9-16-5-3-4-6-19(16)26/h3-9,11,13,15H,10,12H2,1-2H3. The van der Waals surface area contributed by atoms with Crippen molar-refractivity contribution in [2.75, 3.05) is 0 Å². The second-order valence-corrected chi connectivity index (χ2v) is 6.87. The molecule has 1 unspecified atom stereocenters. The minimum atomic E-state index is -0.694. The number of ether oxygens (including phenoxy) is 1. The molecule has 0 fully saturated rings. The van der Waals surface area contributed by atoms with Gasteiger partial charge in [0.15, 0.2) is 6.10 Å². The summed E-state index contributed by atoms with van der Waals surface area (Å²) >= 11 is 0. The number of esters is 1. The van der Waals surface area contributed by atoms with Crippen molar-refractivity contribution in [1.29, 1.82) is 0 Å². The quantitative estimate of drug-likeness (QED) is 0.439. The van der Waals surface area contributed by atoms with Crippen molar-refractivity contribution in [3.05, 3.63) is 72.0 Å². The zero-order chi connectivity index (χ0) is 20.4. The fourth-order valence-electron chi connectivity index (χ4n) is 3.10. The number of fused-ring (bicyclic) bond motifs is 1. The lowest BCUT2D eigenvalue weighted by Gasteiger charge is -2.10. The molecule has 0 aliphatic heterocycles. The molecular formula is C22H20FN3O3. The van der Waals surface area contributed by atoms with Crippen molar-refractivity contribution in [3.8, 4) is 11.4 Å². The molecule has 0 bridgehead atoms. The number of hydrogen-bond acceptors (Lipinski definition) is 5. The van der Waals surface area contributed by atoms with Crippen molar-refractivity contribution in [2.24, 2.45) is 0 Å². The number of aryl methyl sites for hydroxylation is 2. The molecule has 0 aliphatic carbocycles. The first-order chi connectivity index (χ1) is 14.0. The van der Waals surface area contributed by atoms with Crippen LogP contribution >= 0.6 is 0 Å². The number of rotatable bonds is 6. The van der Waals surface area contributed by atoms with E-state index in [-0.39, 0.29) is 29.9 Å². The first kappa shape index (κ1) is 18.9. The van der Waals surface area contributed by atoms with Gasteiger partial charge in [0.25, 0.3) is 5.89 Å². The van der Waals surface area contributed by atoms with Crippen molar-refractivity contribution in [1.82, 2.24) is 14.7 Å². The van der Waals surface area contributed by atoms with E-state index in [9.17, 15) is 9.18 Å². The van der Waals surface area contributed by atoms with Crippen LogP contribution in [0.3, 0.4) is 0 Å². The average Bonchev–Trinajstić information content (AvgIpc) is 3.36. The molecule has 6 nitrogen and oxygen atoms in total. The van der Waals surface area contributed by atoms with Crippen LogP contribution in [0.15, 0.2) is 59.3 Å². The average molecular weight is 393 g/mol. The van der Waals surface area contributed by atoms with Gasteiger partial charge in [0.05, 0.1) is 6.42 Å². The third-order valence-corrected chi connectivity index (χ3v) is 4.76. The molecule has 4 rings (SSSR count). The van der Waals surface area contributed by atoms with Gasteiger partial charge in [-0.2, -0.15) is 4.98 Å². The minimum Gasteiger partial charge on any atom is -0.452 e.